The first-order valence-corrected chi connectivity index (χ1v) is 3.26. The molecule has 0 unspecified atom stereocenters. The van der Waals surface area contributed by atoms with E-state index in [0.29, 0.717) is 5.75 Å². The van der Waals surface area contributed by atoms with Crippen LogP contribution in [0, 0.1) is 0 Å². The normalized spacial score (nSPS) is 8.17. The predicted molar refractivity (Wildman–Crippen MR) is 31.0 cm³/mol. The minimum atomic E-state index is -0.164. The van der Waals surface area contributed by atoms with Gasteiger partial charge < -0.3 is 0 Å². The monoisotopic (exact) mass is 121 g/mol. The van der Waals surface area contributed by atoms with Gasteiger partial charge in [0, 0.05) is 0 Å². The molecule has 1 radical (unpaired) electrons. The van der Waals surface area contributed by atoms with Gasteiger partial charge in [0.15, 0.2) is 0 Å². The Kier molecular flexibility index (Phi) is 3.57. The molecule has 3 heteroatoms. The molecule has 0 spiro atoms. The van der Waals surface area contributed by atoms with Crippen LogP contribution in [0.4, 0.5) is 0 Å². The molecule has 35 valence electrons. The van der Waals surface area contributed by atoms with Gasteiger partial charge in [0.1, 0.15) is 0 Å². The quantitative estimate of drug-likeness (QED) is 0.543. The summed E-state index contributed by atoms with van der Waals surface area (Å²) in [6, 6.07) is 0. The Hall–Kier alpha value is 0.240. The van der Waals surface area contributed by atoms with Gasteiger partial charge in [-0.15, -0.1) is 0 Å². The van der Waals surface area contributed by atoms with Crippen LogP contribution in [0.1, 0.15) is 0 Å². The largest absolute Gasteiger partial charge is 0.281 e. The Bertz CT molecular complexity index is 52.8. The lowest BCUT2D eigenvalue weighted by Gasteiger charge is -1.78. The van der Waals surface area contributed by atoms with Gasteiger partial charge in [-0.25, -0.2) is 0 Å². The average Bonchev–Trinajstić information content (AvgIpc) is 1.35. The summed E-state index contributed by atoms with van der Waals surface area (Å²) >= 11 is 5.67. The van der Waals surface area contributed by atoms with Gasteiger partial charge in [-0.1, -0.05) is 0 Å². The van der Waals surface area contributed by atoms with Crippen LogP contribution in [-0.2, 0) is 4.79 Å². The van der Waals surface area contributed by atoms with Gasteiger partial charge in [-0.2, -0.15) is 11.8 Å². The highest BCUT2D eigenvalue weighted by molar-refractivity contribution is 8.04. The van der Waals surface area contributed by atoms with Crippen molar-refractivity contribution in [1.82, 2.24) is 0 Å². The van der Waals surface area contributed by atoms with Gasteiger partial charge >= 0.3 is 0 Å². The molecule has 0 aromatic rings. The third kappa shape index (κ3) is 4.24. The Morgan fingerprint density at radius 2 is 2.50 bits per heavy atom. The summed E-state index contributed by atoms with van der Waals surface area (Å²) in [5.74, 6) is 0.468. The van der Waals surface area contributed by atoms with Crippen LogP contribution in [0.15, 0.2) is 0 Å². The Labute approximate surface area is 46.9 Å². The van der Waals surface area contributed by atoms with Gasteiger partial charge in [0.2, 0.25) is 5.12 Å². The van der Waals surface area contributed by atoms with E-state index in [1.54, 1.807) is 0 Å². The van der Waals surface area contributed by atoms with E-state index < -0.39 is 0 Å². The van der Waals surface area contributed by atoms with Crippen LogP contribution in [0.2, 0.25) is 0 Å². The fourth-order valence-electron chi connectivity index (χ4n) is 0.118. The van der Waals surface area contributed by atoms with Crippen molar-refractivity contribution in [3.63, 3.8) is 0 Å². The Morgan fingerprint density at radius 3 is 2.50 bits per heavy atom. The van der Waals surface area contributed by atoms with E-state index in [4.69, 9.17) is 0 Å². The minimum absolute atomic E-state index is 0.164. The van der Waals surface area contributed by atoms with Crippen LogP contribution in [0.5, 0.6) is 0 Å². The lowest BCUT2D eigenvalue weighted by molar-refractivity contribution is -0.108. The number of carbonyl (C=O) groups excluding carboxylic acids is 1. The summed E-state index contributed by atoms with van der Waals surface area (Å²) in [5, 5.41) is -0.164. The molecule has 0 aromatic carbocycles. The molecule has 0 rings (SSSR count). The fourth-order valence-corrected chi connectivity index (χ4v) is 0.707. The van der Waals surface area contributed by atoms with Crippen LogP contribution in [0.25, 0.3) is 0 Å². The Balaban J connectivity index is 2.83. The molecule has 0 aliphatic rings. The SMILES string of the molecule is CSCC(=O)[S]. The smallest absolute Gasteiger partial charge is 0.228 e. The third-order valence-electron chi connectivity index (χ3n) is 0.262. The molecular weight excluding hydrogens is 116 g/mol. The lowest BCUT2D eigenvalue weighted by atomic mass is 10.9. The van der Waals surface area contributed by atoms with Crippen molar-refractivity contribution in [2.24, 2.45) is 0 Å². The maximum Gasteiger partial charge on any atom is 0.228 e. The van der Waals surface area contributed by atoms with Gasteiger partial charge in [-0.3, -0.25) is 4.79 Å². The first-order valence-electron chi connectivity index (χ1n) is 1.46. The van der Waals surface area contributed by atoms with E-state index in [-0.39, 0.29) is 5.12 Å². The van der Waals surface area contributed by atoms with Crippen molar-refractivity contribution in [2.45, 2.75) is 0 Å². The second kappa shape index (κ2) is 3.43. The van der Waals surface area contributed by atoms with Crippen molar-refractivity contribution in [3.8, 4) is 0 Å². The standard InChI is InChI=1S/C3H5OS2/c1-6-2-3(4)5/h2H2,1H3. The van der Waals surface area contributed by atoms with E-state index in [2.05, 4.69) is 12.6 Å². The van der Waals surface area contributed by atoms with Crippen molar-refractivity contribution in [1.29, 1.82) is 0 Å². The molecule has 0 aliphatic heterocycles. The summed E-state index contributed by atoms with van der Waals surface area (Å²) in [6.45, 7) is 0. The first kappa shape index (κ1) is 6.24. The van der Waals surface area contributed by atoms with Gasteiger partial charge in [0.25, 0.3) is 0 Å². The van der Waals surface area contributed by atoms with E-state index >= 15 is 0 Å². The second-order valence-corrected chi connectivity index (χ2v) is 2.13. The number of hydrogen-bond acceptors (Lipinski definition) is 2. The molecule has 0 aliphatic carbocycles. The molecule has 0 saturated heterocycles. The van der Waals surface area contributed by atoms with Gasteiger partial charge in [-0.05, 0) is 18.9 Å². The van der Waals surface area contributed by atoms with Crippen LogP contribution < -0.4 is 0 Å². The summed E-state index contributed by atoms with van der Waals surface area (Å²) < 4.78 is 0. The molecule has 6 heavy (non-hydrogen) atoms. The lowest BCUT2D eigenvalue weighted by Crippen LogP contribution is -1.86. The van der Waals surface area contributed by atoms with E-state index in [9.17, 15) is 4.79 Å². The Morgan fingerprint density at radius 1 is 2.00 bits per heavy atom. The summed E-state index contributed by atoms with van der Waals surface area (Å²) in [6.07, 6.45) is 1.85. The predicted octanol–water partition coefficient (Wildman–Crippen LogP) is 1.07. The number of thioether (sulfide) groups is 1. The average molecular weight is 121 g/mol. The zero-order valence-electron chi connectivity index (χ0n) is 3.43. The molecule has 0 heterocycles. The molecular formula is C3H5OS2. The fraction of sp³-hybridized carbons (Fsp3) is 0.667. The zero-order valence-corrected chi connectivity index (χ0v) is 5.06. The van der Waals surface area contributed by atoms with Gasteiger partial charge in [0.05, 0.1) is 5.75 Å². The number of rotatable bonds is 2. The van der Waals surface area contributed by atoms with Crippen LogP contribution in [0.3, 0.4) is 0 Å². The summed E-state index contributed by atoms with van der Waals surface area (Å²) in [5.41, 5.74) is 0. The van der Waals surface area contributed by atoms with Crippen molar-refractivity contribution in [3.05, 3.63) is 0 Å². The highest BCUT2D eigenvalue weighted by Gasteiger charge is 1.87. The van der Waals surface area contributed by atoms with Crippen LogP contribution in [-0.4, -0.2) is 17.1 Å². The molecule has 0 bridgehead atoms. The van der Waals surface area contributed by atoms with E-state index in [1.807, 2.05) is 6.26 Å². The minimum Gasteiger partial charge on any atom is -0.281 e. The van der Waals surface area contributed by atoms with E-state index in [0.717, 1.165) is 0 Å². The molecule has 0 saturated carbocycles. The first-order chi connectivity index (χ1) is 2.77. The molecule has 0 atom stereocenters. The molecule has 0 N–H and O–H groups in total. The molecule has 1 nitrogen and oxygen atoms in total. The summed E-state index contributed by atoms with van der Waals surface area (Å²) in [4.78, 5) is 9.84. The number of hydrogen-bond donors (Lipinski definition) is 0. The highest BCUT2D eigenvalue weighted by atomic mass is 32.2. The molecule has 0 aromatic heterocycles. The number of carbonyl (C=O) groups is 1. The van der Waals surface area contributed by atoms with Crippen molar-refractivity contribution >= 4 is 29.5 Å². The van der Waals surface area contributed by atoms with Crippen molar-refractivity contribution < 1.29 is 4.79 Å². The molecule has 0 fully saturated rings. The van der Waals surface area contributed by atoms with E-state index in [1.165, 1.54) is 11.8 Å². The highest BCUT2D eigenvalue weighted by Crippen LogP contribution is 1.92. The maximum absolute atomic E-state index is 9.84. The topological polar surface area (TPSA) is 17.1 Å². The van der Waals surface area contributed by atoms with Crippen molar-refractivity contribution in [2.75, 3.05) is 12.0 Å². The second-order valence-electron chi connectivity index (χ2n) is 0.805. The maximum atomic E-state index is 9.84. The molecule has 0 amide bonds. The zero-order chi connectivity index (χ0) is 4.99. The summed E-state index contributed by atoms with van der Waals surface area (Å²) in [7, 11) is 0. The van der Waals surface area contributed by atoms with Crippen LogP contribution >= 0.6 is 24.4 Å². The third-order valence-corrected chi connectivity index (χ3v) is 1.14.